The Kier molecular flexibility index (Phi) is 3.80. The van der Waals surface area contributed by atoms with Crippen LogP contribution in [0.3, 0.4) is 0 Å². The second-order valence-corrected chi connectivity index (χ2v) is 4.68. The lowest BCUT2D eigenvalue weighted by Crippen LogP contribution is -2.21. The molecule has 0 aliphatic carbocycles. The summed E-state index contributed by atoms with van der Waals surface area (Å²) in [6.07, 6.45) is -0.674. The summed E-state index contributed by atoms with van der Waals surface area (Å²) in [6.45, 7) is 4.00. The van der Waals surface area contributed by atoms with E-state index in [1.165, 1.54) is 0 Å². The summed E-state index contributed by atoms with van der Waals surface area (Å²) >= 11 is 0. The fourth-order valence-corrected chi connectivity index (χ4v) is 2.24. The maximum absolute atomic E-state index is 10.4. The molecule has 0 aliphatic rings. The lowest BCUT2D eigenvalue weighted by molar-refractivity contribution is 0.146. The first-order chi connectivity index (χ1) is 8.61. The zero-order valence-electron chi connectivity index (χ0n) is 10.8. The molecule has 2 atom stereocenters. The molecule has 2 aromatic rings. The minimum absolute atomic E-state index is 0.396. The average Bonchev–Trinajstić information content (AvgIpc) is 2.38. The summed E-state index contributed by atoms with van der Waals surface area (Å²) in [5.74, 6) is 0. The predicted octanol–water partition coefficient (Wildman–Crippen LogP) is 3.04. The van der Waals surface area contributed by atoms with Crippen LogP contribution in [-0.2, 0) is 0 Å². The van der Waals surface area contributed by atoms with Crippen molar-refractivity contribution in [2.45, 2.75) is 26.0 Å². The topological polar surface area (TPSA) is 46.2 Å². The first kappa shape index (κ1) is 12.8. The standard InChI is InChI=1S/C16H19NO/c1-11-7-3-5-9-13(11)15(17)16(18)14-10-6-4-8-12(14)2/h3-10,15-16,18H,17H2,1-2H3. The molecule has 0 saturated heterocycles. The van der Waals surface area contributed by atoms with Crippen molar-refractivity contribution in [1.82, 2.24) is 0 Å². The van der Waals surface area contributed by atoms with E-state index in [2.05, 4.69) is 0 Å². The molecule has 18 heavy (non-hydrogen) atoms. The molecule has 0 heterocycles. The molecule has 2 aromatic carbocycles. The van der Waals surface area contributed by atoms with Crippen LogP contribution in [-0.4, -0.2) is 5.11 Å². The van der Waals surface area contributed by atoms with Crippen LogP contribution in [0.15, 0.2) is 48.5 Å². The number of aryl methyl sites for hydroxylation is 2. The highest BCUT2D eigenvalue weighted by Crippen LogP contribution is 2.29. The summed E-state index contributed by atoms with van der Waals surface area (Å²) in [5, 5.41) is 10.4. The second kappa shape index (κ2) is 5.34. The molecule has 0 aromatic heterocycles. The second-order valence-electron chi connectivity index (χ2n) is 4.68. The normalized spacial score (nSPS) is 14.2. The largest absolute Gasteiger partial charge is 0.386 e. The number of aliphatic hydroxyl groups excluding tert-OH is 1. The first-order valence-electron chi connectivity index (χ1n) is 6.16. The van der Waals surface area contributed by atoms with Crippen LogP contribution in [0.1, 0.15) is 34.4 Å². The van der Waals surface area contributed by atoms with Crippen molar-refractivity contribution in [3.8, 4) is 0 Å². The van der Waals surface area contributed by atoms with E-state index in [0.29, 0.717) is 0 Å². The van der Waals surface area contributed by atoms with Crippen molar-refractivity contribution in [3.05, 3.63) is 70.8 Å². The van der Waals surface area contributed by atoms with Crippen LogP contribution in [0.5, 0.6) is 0 Å². The van der Waals surface area contributed by atoms with E-state index in [4.69, 9.17) is 5.73 Å². The van der Waals surface area contributed by atoms with Crippen LogP contribution in [0.2, 0.25) is 0 Å². The van der Waals surface area contributed by atoms with Gasteiger partial charge in [0.05, 0.1) is 12.1 Å². The Morgan fingerprint density at radius 3 is 1.78 bits per heavy atom. The summed E-state index contributed by atoms with van der Waals surface area (Å²) < 4.78 is 0. The molecule has 0 fully saturated rings. The van der Waals surface area contributed by atoms with Gasteiger partial charge in [-0.3, -0.25) is 0 Å². The molecule has 0 saturated carbocycles. The van der Waals surface area contributed by atoms with Gasteiger partial charge in [-0.15, -0.1) is 0 Å². The molecule has 0 bridgehead atoms. The van der Waals surface area contributed by atoms with Crippen molar-refractivity contribution in [2.24, 2.45) is 5.73 Å². The van der Waals surface area contributed by atoms with Gasteiger partial charge in [0, 0.05) is 0 Å². The highest BCUT2D eigenvalue weighted by atomic mass is 16.3. The van der Waals surface area contributed by atoms with Gasteiger partial charge in [0.15, 0.2) is 0 Å². The van der Waals surface area contributed by atoms with E-state index in [9.17, 15) is 5.11 Å². The van der Waals surface area contributed by atoms with Crippen LogP contribution in [0.4, 0.5) is 0 Å². The summed E-state index contributed by atoms with van der Waals surface area (Å²) in [6, 6.07) is 15.3. The van der Waals surface area contributed by atoms with Gasteiger partial charge in [0.25, 0.3) is 0 Å². The number of aliphatic hydroxyl groups is 1. The predicted molar refractivity (Wildman–Crippen MR) is 74.2 cm³/mol. The van der Waals surface area contributed by atoms with Crippen LogP contribution in [0.25, 0.3) is 0 Å². The molecule has 2 nitrogen and oxygen atoms in total. The number of nitrogens with two attached hydrogens (primary N) is 1. The Hall–Kier alpha value is -1.64. The Bertz CT molecular complexity index is 487. The summed E-state index contributed by atoms with van der Waals surface area (Å²) in [5.41, 5.74) is 10.3. The molecule has 94 valence electrons. The smallest absolute Gasteiger partial charge is 0.0985 e. The van der Waals surface area contributed by atoms with Crippen molar-refractivity contribution < 1.29 is 5.11 Å². The molecule has 0 radical (unpaired) electrons. The molecule has 2 unspecified atom stereocenters. The van der Waals surface area contributed by atoms with Gasteiger partial charge in [-0.25, -0.2) is 0 Å². The number of benzene rings is 2. The maximum atomic E-state index is 10.4. The molecule has 2 rings (SSSR count). The SMILES string of the molecule is Cc1ccccc1C(N)C(O)c1ccccc1C. The van der Waals surface area contributed by atoms with Crippen LogP contribution < -0.4 is 5.73 Å². The van der Waals surface area contributed by atoms with Gasteiger partial charge in [0.1, 0.15) is 0 Å². The fraction of sp³-hybridized carbons (Fsp3) is 0.250. The minimum Gasteiger partial charge on any atom is -0.386 e. The van der Waals surface area contributed by atoms with Crippen molar-refractivity contribution in [1.29, 1.82) is 0 Å². The number of hydrogen-bond acceptors (Lipinski definition) is 2. The van der Waals surface area contributed by atoms with E-state index >= 15 is 0 Å². The Morgan fingerprint density at radius 1 is 0.833 bits per heavy atom. The van der Waals surface area contributed by atoms with E-state index in [1.807, 2.05) is 62.4 Å². The number of hydrogen-bond donors (Lipinski definition) is 2. The van der Waals surface area contributed by atoms with Crippen LogP contribution >= 0.6 is 0 Å². The van der Waals surface area contributed by atoms with E-state index in [1.54, 1.807) is 0 Å². The van der Waals surface area contributed by atoms with Gasteiger partial charge in [-0.05, 0) is 36.1 Å². The van der Waals surface area contributed by atoms with Gasteiger partial charge in [-0.1, -0.05) is 48.5 Å². The first-order valence-corrected chi connectivity index (χ1v) is 6.16. The highest BCUT2D eigenvalue weighted by Gasteiger charge is 2.21. The highest BCUT2D eigenvalue weighted by molar-refractivity contribution is 5.34. The van der Waals surface area contributed by atoms with Crippen LogP contribution in [0, 0.1) is 13.8 Å². The Morgan fingerprint density at radius 2 is 1.28 bits per heavy atom. The third kappa shape index (κ3) is 2.45. The van der Waals surface area contributed by atoms with Gasteiger partial charge in [-0.2, -0.15) is 0 Å². The van der Waals surface area contributed by atoms with Gasteiger partial charge in [0.2, 0.25) is 0 Å². The van der Waals surface area contributed by atoms with E-state index in [0.717, 1.165) is 22.3 Å². The maximum Gasteiger partial charge on any atom is 0.0985 e. The third-order valence-corrected chi connectivity index (χ3v) is 3.39. The third-order valence-electron chi connectivity index (χ3n) is 3.39. The quantitative estimate of drug-likeness (QED) is 0.867. The van der Waals surface area contributed by atoms with Gasteiger partial charge >= 0.3 is 0 Å². The average molecular weight is 241 g/mol. The molecular weight excluding hydrogens is 222 g/mol. The summed E-state index contributed by atoms with van der Waals surface area (Å²) in [7, 11) is 0. The van der Waals surface area contributed by atoms with E-state index < -0.39 is 12.1 Å². The summed E-state index contributed by atoms with van der Waals surface area (Å²) in [4.78, 5) is 0. The Labute approximate surface area is 108 Å². The van der Waals surface area contributed by atoms with Gasteiger partial charge < -0.3 is 10.8 Å². The molecule has 0 amide bonds. The molecule has 0 spiro atoms. The molecule has 3 N–H and O–H groups in total. The Balaban J connectivity index is 2.33. The zero-order chi connectivity index (χ0) is 13.1. The lowest BCUT2D eigenvalue weighted by Gasteiger charge is -2.22. The van der Waals surface area contributed by atoms with Crippen molar-refractivity contribution in [3.63, 3.8) is 0 Å². The molecule has 2 heteroatoms. The zero-order valence-corrected chi connectivity index (χ0v) is 10.8. The van der Waals surface area contributed by atoms with Crippen molar-refractivity contribution in [2.75, 3.05) is 0 Å². The van der Waals surface area contributed by atoms with E-state index in [-0.39, 0.29) is 0 Å². The minimum atomic E-state index is -0.674. The lowest BCUT2D eigenvalue weighted by atomic mass is 9.92. The molecular formula is C16H19NO. The van der Waals surface area contributed by atoms with Crippen molar-refractivity contribution >= 4 is 0 Å². The molecule has 0 aliphatic heterocycles. The number of rotatable bonds is 3. The monoisotopic (exact) mass is 241 g/mol. The fourth-order valence-electron chi connectivity index (χ4n) is 2.24.